The minimum atomic E-state index is -0.746. The molecule has 21 heavy (non-hydrogen) atoms. The lowest BCUT2D eigenvalue weighted by Gasteiger charge is -2.28. The average Bonchev–Trinajstić information content (AvgIpc) is 3.08. The lowest BCUT2D eigenvalue weighted by molar-refractivity contribution is -0.135. The van der Waals surface area contributed by atoms with Gasteiger partial charge in [0, 0.05) is 25.6 Å². The molecule has 1 heterocycles. The summed E-state index contributed by atoms with van der Waals surface area (Å²) < 4.78 is 5.48. The Balaban J connectivity index is 1.64. The van der Waals surface area contributed by atoms with Crippen LogP contribution in [-0.4, -0.2) is 42.6 Å². The van der Waals surface area contributed by atoms with Gasteiger partial charge in [0.2, 0.25) is 5.91 Å². The van der Waals surface area contributed by atoms with Crippen molar-refractivity contribution in [2.45, 2.75) is 31.7 Å². The van der Waals surface area contributed by atoms with E-state index in [1.165, 1.54) is 11.1 Å². The van der Waals surface area contributed by atoms with E-state index < -0.39 is 5.54 Å². The number of ether oxygens (including phenoxy) is 1. The molecule has 3 rings (SSSR count). The molecule has 0 bridgehead atoms. The molecule has 1 atom stereocenters. The largest absolute Gasteiger partial charge is 0.381 e. The molecule has 4 nitrogen and oxygen atoms in total. The van der Waals surface area contributed by atoms with Gasteiger partial charge in [-0.1, -0.05) is 24.3 Å². The van der Waals surface area contributed by atoms with E-state index in [1.54, 1.807) is 0 Å². The fourth-order valence-electron chi connectivity index (χ4n) is 3.55. The van der Waals surface area contributed by atoms with Crippen molar-refractivity contribution in [3.63, 3.8) is 0 Å². The topological polar surface area (TPSA) is 55.6 Å². The first-order chi connectivity index (χ1) is 10.1. The Morgan fingerprint density at radius 1 is 1.38 bits per heavy atom. The number of benzene rings is 1. The van der Waals surface area contributed by atoms with Crippen LogP contribution in [0, 0.1) is 5.92 Å². The SMILES string of the molecule is CCOCC1CCN(C(=O)C2(N)Cc3ccccc3C2)C1. The van der Waals surface area contributed by atoms with Gasteiger partial charge >= 0.3 is 0 Å². The standard InChI is InChI=1S/C17H24N2O2/c1-2-21-12-13-7-8-19(11-13)16(20)17(18)9-14-5-3-4-6-15(14)10-17/h3-6,13H,2,7-12,18H2,1H3. The first-order valence-corrected chi connectivity index (χ1v) is 7.85. The van der Waals surface area contributed by atoms with Crippen molar-refractivity contribution < 1.29 is 9.53 Å². The maximum Gasteiger partial charge on any atom is 0.243 e. The van der Waals surface area contributed by atoms with Crippen molar-refractivity contribution in [3.05, 3.63) is 35.4 Å². The molecule has 2 aliphatic rings. The maximum atomic E-state index is 12.8. The fourth-order valence-corrected chi connectivity index (χ4v) is 3.55. The Bertz CT molecular complexity index is 504. The van der Waals surface area contributed by atoms with E-state index in [4.69, 9.17) is 10.5 Å². The van der Waals surface area contributed by atoms with Crippen LogP contribution in [0.2, 0.25) is 0 Å². The van der Waals surface area contributed by atoms with Gasteiger partial charge in [-0.2, -0.15) is 0 Å². The summed E-state index contributed by atoms with van der Waals surface area (Å²) in [5.41, 5.74) is 8.15. The summed E-state index contributed by atoms with van der Waals surface area (Å²) >= 11 is 0. The molecule has 1 fully saturated rings. The molecular formula is C17H24N2O2. The molecule has 0 saturated carbocycles. The normalized spacial score (nSPS) is 23.3. The quantitative estimate of drug-likeness (QED) is 0.910. The predicted molar refractivity (Wildman–Crippen MR) is 81.9 cm³/mol. The summed E-state index contributed by atoms with van der Waals surface area (Å²) in [5.74, 6) is 0.568. The van der Waals surface area contributed by atoms with Gasteiger partial charge in [0.25, 0.3) is 0 Å². The molecule has 1 saturated heterocycles. The van der Waals surface area contributed by atoms with Crippen LogP contribution in [0.5, 0.6) is 0 Å². The summed E-state index contributed by atoms with van der Waals surface area (Å²) in [6.45, 7) is 5.08. The second-order valence-corrected chi connectivity index (χ2v) is 6.34. The minimum absolute atomic E-state index is 0.109. The van der Waals surface area contributed by atoms with Gasteiger partial charge in [0.1, 0.15) is 5.54 Å². The highest BCUT2D eigenvalue weighted by molar-refractivity contribution is 5.88. The third kappa shape index (κ3) is 2.83. The Hall–Kier alpha value is -1.39. The molecule has 0 spiro atoms. The van der Waals surface area contributed by atoms with Crippen molar-refractivity contribution >= 4 is 5.91 Å². The van der Waals surface area contributed by atoms with E-state index in [2.05, 4.69) is 12.1 Å². The lowest BCUT2D eigenvalue weighted by atomic mass is 9.95. The highest BCUT2D eigenvalue weighted by atomic mass is 16.5. The van der Waals surface area contributed by atoms with Crippen LogP contribution in [0.1, 0.15) is 24.5 Å². The van der Waals surface area contributed by atoms with E-state index in [0.29, 0.717) is 18.8 Å². The maximum absolute atomic E-state index is 12.8. The van der Waals surface area contributed by atoms with E-state index in [1.807, 2.05) is 24.0 Å². The molecule has 1 unspecified atom stereocenters. The molecule has 2 N–H and O–H groups in total. The molecule has 0 radical (unpaired) electrons. The van der Waals surface area contributed by atoms with E-state index in [-0.39, 0.29) is 5.91 Å². The Morgan fingerprint density at radius 2 is 2.05 bits per heavy atom. The fraction of sp³-hybridized carbons (Fsp3) is 0.588. The van der Waals surface area contributed by atoms with Gasteiger partial charge in [0.15, 0.2) is 0 Å². The molecule has 0 aromatic heterocycles. The van der Waals surface area contributed by atoms with Crippen molar-refractivity contribution in [1.29, 1.82) is 0 Å². The van der Waals surface area contributed by atoms with Crippen LogP contribution in [0.15, 0.2) is 24.3 Å². The van der Waals surface area contributed by atoms with Crippen molar-refractivity contribution in [2.75, 3.05) is 26.3 Å². The zero-order valence-corrected chi connectivity index (χ0v) is 12.7. The lowest BCUT2D eigenvalue weighted by Crippen LogP contribution is -2.55. The Kier molecular flexibility index (Phi) is 4.00. The van der Waals surface area contributed by atoms with Crippen molar-refractivity contribution in [2.24, 2.45) is 11.7 Å². The number of rotatable bonds is 4. The zero-order chi connectivity index (χ0) is 14.9. The van der Waals surface area contributed by atoms with E-state index >= 15 is 0 Å². The van der Waals surface area contributed by atoms with Crippen LogP contribution >= 0.6 is 0 Å². The summed E-state index contributed by atoms with van der Waals surface area (Å²) in [6.07, 6.45) is 2.35. The number of nitrogens with two attached hydrogens (primary N) is 1. The first-order valence-electron chi connectivity index (χ1n) is 7.85. The van der Waals surface area contributed by atoms with Gasteiger partial charge in [-0.15, -0.1) is 0 Å². The molecule has 1 aromatic rings. The van der Waals surface area contributed by atoms with Gasteiger partial charge in [-0.3, -0.25) is 4.79 Å². The van der Waals surface area contributed by atoms with Crippen LogP contribution in [0.3, 0.4) is 0 Å². The monoisotopic (exact) mass is 288 g/mol. The van der Waals surface area contributed by atoms with E-state index in [9.17, 15) is 4.79 Å². The minimum Gasteiger partial charge on any atom is -0.381 e. The molecular weight excluding hydrogens is 264 g/mol. The smallest absolute Gasteiger partial charge is 0.243 e. The number of likely N-dealkylation sites (tertiary alicyclic amines) is 1. The van der Waals surface area contributed by atoms with Gasteiger partial charge in [-0.05, 0) is 37.3 Å². The second-order valence-electron chi connectivity index (χ2n) is 6.34. The highest BCUT2D eigenvalue weighted by Gasteiger charge is 2.44. The second kappa shape index (κ2) is 5.78. The molecule has 4 heteroatoms. The number of fused-ring (bicyclic) bond motifs is 1. The third-order valence-electron chi connectivity index (χ3n) is 4.69. The third-order valence-corrected chi connectivity index (χ3v) is 4.69. The predicted octanol–water partition coefficient (Wildman–Crippen LogP) is 1.37. The molecule has 1 amide bonds. The number of amides is 1. The summed E-state index contributed by atoms with van der Waals surface area (Å²) in [6, 6.07) is 8.20. The number of hydrogen-bond acceptors (Lipinski definition) is 3. The van der Waals surface area contributed by atoms with Gasteiger partial charge in [0.05, 0.1) is 6.61 Å². The Labute approximate surface area is 126 Å². The molecule has 114 valence electrons. The van der Waals surface area contributed by atoms with Crippen molar-refractivity contribution in [1.82, 2.24) is 4.90 Å². The summed E-state index contributed by atoms with van der Waals surface area (Å²) in [5, 5.41) is 0. The van der Waals surface area contributed by atoms with Crippen LogP contribution < -0.4 is 5.73 Å². The van der Waals surface area contributed by atoms with Gasteiger partial charge < -0.3 is 15.4 Å². The van der Waals surface area contributed by atoms with Crippen LogP contribution in [0.4, 0.5) is 0 Å². The van der Waals surface area contributed by atoms with Gasteiger partial charge in [-0.25, -0.2) is 0 Å². The number of carbonyl (C=O) groups is 1. The first kappa shape index (κ1) is 14.5. The van der Waals surface area contributed by atoms with Crippen molar-refractivity contribution in [3.8, 4) is 0 Å². The van der Waals surface area contributed by atoms with E-state index in [0.717, 1.165) is 32.7 Å². The average molecular weight is 288 g/mol. The molecule has 1 aliphatic heterocycles. The Morgan fingerprint density at radius 3 is 2.67 bits per heavy atom. The zero-order valence-electron chi connectivity index (χ0n) is 12.7. The number of nitrogens with zero attached hydrogens (tertiary/aromatic N) is 1. The highest BCUT2D eigenvalue weighted by Crippen LogP contribution is 2.31. The summed E-state index contributed by atoms with van der Waals surface area (Å²) in [4.78, 5) is 14.8. The summed E-state index contributed by atoms with van der Waals surface area (Å²) in [7, 11) is 0. The van der Waals surface area contributed by atoms with Crippen LogP contribution in [-0.2, 0) is 22.4 Å². The molecule has 1 aliphatic carbocycles. The number of carbonyl (C=O) groups excluding carboxylic acids is 1. The number of hydrogen-bond donors (Lipinski definition) is 1. The van der Waals surface area contributed by atoms with Crippen LogP contribution in [0.25, 0.3) is 0 Å². The molecule has 1 aromatic carbocycles.